The van der Waals surface area contributed by atoms with Crippen molar-refractivity contribution in [3.63, 3.8) is 0 Å². The number of para-hydroxylation sites is 1. The third-order valence-corrected chi connectivity index (χ3v) is 3.94. The van der Waals surface area contributed by atoms with E-state index in [1.54, 1.807) is 6.20 Å². The topological polar surface area (TPSA) is 42.4 Å². The molecule has 0 saturated heterocycles. The summed E-state index contributed by atoms with van der Waals surface area (Å²) in [4.78, 5) is 4.10. The minimum Gasteiger partial charge on any atom is -0.493 e. The molecule has 1 N–H and O–H groups in total. The van der Waals surface area contributed by atoms with E-state index in [0.717, 1.165) is 23.3 Å². The lowest BCUT2D eigenvalue weighted by molar-refractivity contribution is 0.213. The minimum absolute atomic E-state index is 0.576. The zero-order chi connectivity index (χ0) is 11.8. The van der Waals surface area contributed by atoms with E-state index in [4.69, 9.17) is 16.3 Å². The van der Waals surface area contributed by atoms with Crippen molar-refractivity contribution >= 4 is 22.9 Å². The number of benzene rings is 1. The Morgan fingerprint density at radius 3 is 3.12 bits per heavy atom. The first-order valence-electron chi connectivity index (χ1n) is 5.29. The molecule has 2 heterocycles. The molecule has 2 aromatic rings. The summed E-state index contributed by atoms with van der Waals surface area (Å²) in [5.41, 5.74) is 1.91. The fourth-order valence-corrected chi connectivity index (χ4v) is 2.92. The predicted molar refractivity (Wildman–Crippen MR) is 66.8 cm³/mol. The van der Waals surface area contributed by atoms with Crippen molar-refractivity contribution in [1.82, 2.24) is 4.98 Å². The monoisotopic (exact) mass is 267 g/mol. The largest absolute Gasteiger partial charge is 0.493 e. The standard InChI is InChI=1S/C12H10ClNO2S/c13-9-6-14-12(17-9)10(15)8-3-1-2-7-4-5-16-11(7)8/h1-3,6,10,15H,4-5H2. The van der Waals surface area contributed by atoms with Crippen LogP contribution in [0, 0.1) is 0 Å². The van der Waals surface area contributed by atoms with Gasteiger partial charge in [-0.3, -0.25) is 0 Å². The van der Waals surface area contributed by atoms with Crippen LogP contribution >= 0.6 is 22.9 Å². The maximum absolute atomic E-state index is 10.3. The van der Waals surface area contributed by atoms with Crippen LogP contribution in [-0.2, 0) is 6.42 Å². The smallest absolute Gasteiger partial charge is 0.134 e. The summed E-state index contributed by atoms with van der Waals surface area (Å²) >= 11 is 7.11. The van der Waals surface area contributed by atoms with Gasteiger partial charge in [0.1, 0.15) is 21.2 Å². The maximum Gasteiger partial charge on any atom is 0.134 e. The second-order valence-corrected chi connectivity index (χ2v) is 5.53. The number of halogens is 1. The van der Waals surface area contributed by atoms with E-state index in [0.29, 0.717) is 16.0 Å². The molecule has 3 nitrogen and oxygen atoms in total. The third-order valence-electron chi connectivity index (χ3n) is 2.77. The molecule has 3 rings (SSSR count). The quantitative estimate of drug-likeness (QED) is 0.910. The Kier molecular flexibility index (Phi) is 2.78. The highest BCUT2D eigenvalue weighted by atomic mass is 35.5. The number of rotatable bonds is 2. The van der Waals surface area contributed by atoms with Crippen LogP contribution in [0.5, 0.6) is 5.75 Å². The highest BCUT2D eigenvalue weighted by molar-refractivity contribution is 7.15. The van der Waals surface area contributed by atoms with Gasteiger partial charge in [0, 0.05) is 12.0 Å². The van der Waals surface area contributed by atoms with Crippen LogP contribution in [0.3, 0.4) is 0 Å². The van der Waals surface area contributed by atoms with Gasteiger partial charge >= 0.3 is 0 Å². The number of hydrogen-bond acceptors (Lipinski definition) is 4. The zero-order valence-corrected chi connectivity index (χ0v) is 10.5. The first kappa shape index (κ1) is 11.0. The first-order valence-corrected chi connectivity index (χ1v) is 6.49. The third kappa shape index (κ3) is 1.92. The molecule has 1 aliphatic heterocycles. The number of ether oxygens (including phenoxy) is 1. The van der Waals surface area contributed by atoms with E-state index in [-0.39, 0.29) is 0 Å². The van der Waals surface area contributed by atoms with Gasteiger partial charge in [-0.05, 0) is 5.56 Å². The molecule has 1 aromatic carbocycles. The molecule has 88 valence electrons. The summed E-state index contributed by atoms with van der Waals surface area (Å²) in [7, 11) is 0. The van der Waals surface area contributed by atoms with Crippen LogP contribution in [0.4, 0.5) is 0 Å². The molecule has 0 aliphatic carbocycles. The van der Waals surface area contributed by atoms with E-state index in [2.05, 4.69) is 4.98 Å². The van der Waals surface area contributed by atoms with Crippen molar-refractivity contribution in [1.29, 1.82) is 0 Å². The van der Waals surface area contributed by atoms with Crippen LogP contribution in [-0.4, -0.2) is 16.7 Å². The Morgan fingerprint density at radius 2 is 2.35 bits per heavy atom. The highest BCUT2D eigenvalue weighted by Gasteiger charge is 2.23. The minimum atomic E-state index is -0.763. The van der Waals surface area contributed by atoms with Crippen LogP contribution in [0.25, 0.3) is 0 Å². The summed E-state index contributed by atoms with van der Waals surface area (Å²) in [5.74, 6) is 0.798. The van der Waals surface area contributed by atoms with Gasteiger partial charge in [0.25, 0.3) is 0 Å². The van der Waals surface area contributed by atoms with Gasteiger partial charge in [0.2, 0.25) is 0 Å². The maximum atomic E-state index is 10.3. The average Bonchev–Trinajstić information content (AvgIpc) is 2.95. The number of aromatic nitrogens is 1. The van der Waals surface area contributed by atoms with E-state index in [1.807, 2.05) is 18.2 Å². The van der Waals surface area contributed by atoms with Crippen molar-refractivity contribution in [2.45, 2.75) is 12.5 Å². The van der Waals surface area contributed by atoms with Crippen molar-refractivity contribution < 1.29 is 9.84 Å². The van der Waals surface area contributed by atoms with Crippen molar-refractivity contribution in [3.8, 4) is 5.75 Å². The summed E-state index contributed by atoms with van der Waals surface area (Å²) < 4.78 is 6.14. The molecule has 0 saturated carbocycles. The molecule has 0 radical (unpaired) electrons. The lowest BCUT2D eigenvalue weighted by Gasteiger charge is -2.12. The molecule has 0 amide bonds. The van der Waals surface area contributed by atoms with Crippen LogP contribution in [0.2, 0.25) is 4.34 Å². The Labute approximate surface area is 108 Å². The fraction of sp³-hybridized carbons (Fsp3) is 0.250. The number of hydrogen-bond donors (Lipinski definition) is 1. The van der Waals surface area contributed by atoms with Gasteiger partial charge in [-0.2, -0.15) is 0 Å². The SMILES string of the molecule is OC(c1ncc(Cl)s1)c1cccc2c1OCC2. The fourth-order valence-electron chi connectivity index (χ4n) is 1.98. The van der Waals surface area contributed by atoms with Gasteiger partial charge in [-0.1, -0.05) is 29.8 Å². The Hall–Kier alpha value is -1.10. The molecular weight excluding hydrogens is 258 g/mol. The second kappa shape index (κ2) is 4.29. The normalized spacial score (nSPS) is 15.4. The van der Waals surface area contributed by atoms with E-state index < -0.39 is 6.10 Å². The molecule has 1 aliphatic rings. The lowest BCUT2D eigenvalue weighted by atomic mass is 10.0. The lowest BCUT2D eigenvalue weighted by Crippen LogP contribution is -2.01. The number of aliphatic hydroxyl groups excluding tert-OH is 1. The van der Waals surface area contributed by atoms with Crippen LogP contribution in [0.1, 0.15) is 22.2 Å². The average molecular weight is 268 g/mol. The summed E-state index contributed by atoms with van der Waals surface area (Å²) in [6, 6.07) is 5.82. The Morgan fingerprint density at radius 1 is 1.47 bits per heavy atom. The summed E-state index contributed by atoms with van der Waals surface area (Å²) in [6.07, 6.45) is 1.68. The predicted octanol–water partition coefficient (Wildman–Crippen LogP) is 2.81. The van der Waals surface area contributed by atoms with Gasteiger partial charge < -0.3 is 9.84 Å². The van der Waals surface area contributed by atoms with Crippen LogP contribution in [0.15, 0.2) is 24.4 Å². The van der Waals surface area contributed by atoms with Crippen LogP contribution < -0.4 is 4.74 Å². The molecule has 17 heavy (non-hydrogen) atoms. The number of fused-ring (bicyclic) bond motifs is 1. The Balaban J connectivity index is 2.02. The summed E-state index contributed by atoms with van der Waals surface area (Å²) in [5, 5.41) is 10.9. The molecule has 1 unspecified atom stereocenters. The molecule has 1 aromatic heterocycles. The zero-order valence-electron chi connectivity index (χ0n) is 8.89. The van der Waals surface area contributed by atoms with E-state index >= 15 is 0 Å². The van der Waals surface area contributed by atoms with Gasteiger partial charge in [0.05, 0.1) is 12.8 Å². The van der Waals surface area contributed by atoms with Crippen molar-refractivity contribution in [3.05, 3.63) is 44.9 Å². The van der Waals surface area contributed by atoms with Crippen molar-refractivity contribution in [2.75, 3.05) is 6.61 Å². The van der Waals surface area contributed by atoms with Gasteiger partial charge in [0.15, 0.2) is 0 Å². The van der Waals surface area contributed by atoms with E-state index in [1.165, 1.54) is 11.3 Å². The molecular formula is C12H10ClNO2S. The van der Waals surface area contributed by atoms with Crippen molar-refractivity contribution in [2.24, 2.45) is 0 Å². The summed E-state index contributed by atoms with van der Waals surface area (Å²) in [6.45, 7) is 0.678. The second-order valence-electron chi connectivity index (χ2n) is 3.84. The first-order chi connectivity index (χ1) is 8.25. The number of aliphatic hydroxyl groups is 1. The molecule has 0 bridgehead atoms. The number of nitrogens with zero attached hydrogens (tertiary/aromatic N) is 1. The van der Waals surface area contributed by atoms with Gasteiger partial charge in [-0.25, -0.2) is 4.98 Å². The molecule has 0 spiro atoms. The van der Waals surface area contributed by atoms with Gasteiger partial charge in [-0.15, -0.1) is 11.3 Å². The molecule has 0 fully saturated rings. The van der Waals surface area contributed by atoms with E-state index in [9.17, 15) is 5.11 Å². The number of thiazole rings is 1. The Bertz CT molecular complexity index is 555. The highest BCUT2D eigenvalue weighted by Crippen LogP contribution is 2.37. The molecule has 1 atom stereocenters. The molecule has 5 heteroatoms.